The third-order valence-electron chi connectivity index (χ3n) is 2.64. The van der Waals surface area contributed by atoms with E-state index in [0.29, 0.717) is 0 Å². The van der Waals surface area contributed by atoms with E-state index in [9.17, 15) is 0 Å². The Labute approximate surface area is 98.7 Å². The highest BCUT2D eigenvalue weighted by molar-refractivity contribution is 5.62. The molecule has 0 heterocycles. The van der Waals surface area contributed by atoms with Crippen LogP contribution in [0, 0.1) is 19.3 Å². The molecule has 0 aromatic heterocycles. The van der Waals surface area contributed by atoms with Crippen LogP contribution in [-0.4, -0.2) is 20.1 Å². The van der Waals surface area contributed by atoms with E-state index in [1.165, 1.54) is 11.3 Å². The number of hydrogen-bond donors (Lipinski definition) is 1. The van der Waals surface area contributed by atoms with Crippen LogP contribution in [0.25, 0.3) is 0 Å². The van der Waals surface area contributed by atoms with E-state index >= 15 is 0 Å². The second-order valence-corrected chi connectivity index (χ2v) is 4.17. The minimum atomic E-state index is 0.109. The lowest BCUT2D eigenvalue weighted by Crippen LogP contribution is -2.16. The first-order valence-corrected chi connectivity index (χ1v) is 5.59. The zero-order valence-electron chi connectivity index (χ0n) is 10.5. The Morgan fingerprint density at radius 1 is 1.44 bits per heavy atom. The van der Waals surface area contributed by atoms with Crippen molar-refractivity contribution in [1.82, 2.24) is 0 Å². The molecule has 86 valence electrons. The Kier molecular flexibility index (Phi) is 4.25. The van der Waals surface area contributed by atoms with Crippen molar-refractivity contribution in [2.24, 2.45) is 0 Å². The van der Waals surface area contributed by atoms with E-state index in [0.717, 1.165) is 12.1 Å². The Morgan fingerprint density at radius 2 is 2.12 bits per heavy atom. The summed E-state index contributed by atoms with van der Waals surface area (Å²) in [6.07, 6.45) is 6.37. The predicted molar refractivity (Wildman–Crippen MR) is 72.0 cm³/mol. The molecule has 1 aromatic carbocycles. The molecule has 16 heavy (non-hydrogen) atoms. The Bertz CT molecular complexity index is 388. The van der Waals surface area contributed by atoms with Crippen molar-refractivity contribution in [2.75, 3.05) is 24.3 Å². The molecule has 1 atom stereocenters. The molecule has 0 saturated carbocycles. The summed E-state index contributed by atoms with van der Waals surface area (Å²) in [4.78, 5) is 2.11. The highest BCUT2D eigenvalue weighted by Crippen LogP contribution is 2.23. The lowest BCUT2D eigenvalue weighted by Gasteiger charge is -2.19. The van der Waals surface area contributed by atoms with Crippen LogP contribution in [0.15, 0.2) is 18.2 Å². The highest BCUT2D eigenvalue weighted by atomic mass is 15.1. The number of aryl methyl sites for hydroxylation is 1. The molecule has 0 aliphatic carbocycles. The first-order valence-electron chi connectivity index (χ1n) is 5.59. The number of nitrogens with one attached hydrogen (secondary N) is 1. The topological polar surface area (TPSA) is 15.3 Å². The molecule has 1 unspecified atom stereocenters. The van der Waals surface area contributed by atoms with Gasteiger partial charge in [-0.2, -0.15) is 0 Å². The molecule has 2 nitrogen and oxygen atoms in total. The maximum Gasteiger partial charge on any atom is 0.0871 e. The lowest BCUT2D eigenvalue weighted by molar-refractivity contribution is 0.857. The third kappa shape index (κ3) is 2.93. The number of nitrogens with zero attached hydrogens (tertiary/aromatic N) is 1. The molecule has 0 aliphatic rings. The molecular formula is C14H20N2. The molecule has 0 saturated heterocycles. The molecule has 1 aromatic rings. The maximum absolute atomic E-state index is 5.44. The fraction of sp³-hybridized carbons (Fsp3) is 0.429. The van der Waals surface area contributed by atoms with Crippen molar-refractivity contribution in [3.63, 3.8) is 0 Å². The van der Waals surface area contributed by atoms with Crippen molar-refractivity contribution in [2.45, 2.75) is 26.3 Å². The number of benzene rings is 1. The van der Waals surface area contributed by atoms with Crippen LogP contribution in [0.4, 0.5) is 11.4 Å². The van der Waals surface area contributed by atoms with Crippen LogP contribution < -0.4 is 10.2 Å². The average Bonchev–Trinajstić information content (AvgIpc) is 2.27. The fourth-order valence-corrected chi connectivity index (χ4v) is 1.64. The van der Waals surface area contributed by atoms with E-state index in [-0.39, 0.29) is 6.04 Å². The summed E-state index contributed by atoms with van der Waals surface area (Å²) in [5.74, 6) is 2.74. The van der Waals surface area contributed by atoms with E-state index in [1.54, 1.807) is 0 Å². The van der Waals surface area contributed by atoms with Crippen molar-refractivity contribution in [3.05, 3.63) is 23.8 Å². The van der Waals surface area contributed by atoms with Gasteiger partial charge in [0.25, 0.3) is 0 Å². The predicted octanol–water partition coefficient (Wildman–Crippen LogP) is 2.88. The van der Waals surface area contributed by atoms with Gasteiger partial charge in [-0.3, -0.25) is 0 Å². The van der Waals surface area contributed by atoms with Crippen LogP contribution in [0.2, 0.25) is 0 Å². The standard InChI is InChI=1S/C14H20N2/c1-6-12(7-2)15-13-9-8-11(3)14(10-13)16(4)5/h1,8-10,12,15H,7H2,2-5H3. The van der Waals surface area contributed by atoms with Gasteiger partial charge < -0.3 is 10.2 Å². The van der Waals surface area contributed by atoms with E-state index in [1.807, 2.05) is 14.1 Å². The fourth-order valence-electron chi connectivity index (χ4n) is 1.64. The van der Waals surface area contributed by atoms with Crippen molar-refractivity contribution in [3.8, 4) is 12.3 Å². The maximum atomic E-state index is 5.44. The molecular weight excluding hydrogens is 196 g/mol. The van der Waals surface area contributed by atoms with Gasteiger partial charge in [0.1, 0.15) is 0 Å². The Balaban J connectivity index is 2.91. The monoisotopic (exact) mass is 216 g/mol. The van der Waals surface area contributed by atoms with Gasteiger partial charge in [-0.25, -0.2) is 0 Å². The lowest BCUT2D eigenvalue weighted by atomic mass is 10.1. The van der Waals surface area contributed by atoms with E-state index < -0.39 is 0 Å². The molecule has 0 bridgehead atoms. The zero-order valence-corrected chi connectivity index (χ0v) is 10.5. The van der Waals surface area contributed by atoms with Gasteiger partial charge in [0, 0.05) is 25.5 Å². The molecule has 1 rings (SSSR count). The largest absolute Gasteiger partial charge is 0.377 e. The molecule has 0 aliphatic heterocycles. The van der Waals surface area contributed by atoms with Crippen molar-refractivity contribution < 1.29 is 0 Å². The summed E-state index contributed by atoms with van der Waals surface area (Å²) in [6.45, 7) is 4.19. The van der Waals surface area contributed by atoms with Crippen LogP contribution in [0.5, 0.6) is 0 Å². The molecule has 0 fully saturated rings. The van der Waals surface area contributed by atoms with Gasteiger partial charge in [0.05, 0.1) is 6.04 Å². The quantitative estimate of drug-likeness (QED) is 0.779. The van der Waals surface area contributed by atoms with Crippen LogP contribution in [0.3, 0.4) is 0 Å². The van der Waals surface area contributed by atoms with Gasteiger partial charge in [0.2, 0.25) is 0 Å². The van der Waals surface area contributed by atoms with Crippen molar-refractivity contribution >= 4 is 11.4 Å². The van der Waals surface area contributed by atoms with Crippen LogP contribution in [0.1, 0.15) is 18.9 Å². The van der Waals surface area contributed by atoms with Gasteiger partial charge in [0.15, 0.2) is 0 Å². The normalized spacial score (nSPS) is 11.7. The summed E-state index contributed by atoms with van der Waals surface area (Å²) in [5, 5.41) is 3.34. The molecule has 0 amide bonds. The molecule has 2 heteroatoms. The SMILES string of the molecule is C#CC(CC)Nc1ccc(C)c(N(C)C)c1. The minimum Gasteiger partial charge on any atom is -0.377 e. The summed E-state index contributed by atoms with van der Waals surface area (Å²) in [7, 11) is 4.09. The first-order chi connectivity index (χ1) is 7.58. The molecule has 0 spiro atoms. The minimum absolute atomic E-state index is 0.109. The summed E-state index contributed by atoms with van der Waals surface area (Å²) < 4.78 is 0. The van der Waals surface area contributed by atoms with Crippen LogP contribution >= 0.6 is 0 Å². The smallest absolute Gasteiger partial charge is 0.0871 e. The summed E-state index contributed by atoms with van der Waals surface area (Å²) in [6, 6.07) is 6.43. The number of anilines is 2. The molecule has 0 radical (unpaired) electrons. The zero-order chi connectivity index (χ0) is 12.1. The second-order valence-electron chi connectivity index (χ2n) is 4.17. The summed E-state index contributed by atoms with van der Waals surface area (Å²) in [5.41, 5.74) is 3.57. The van der Waals surface area contributed by atoms with E-state index in [4.69, 9.17) is 6.42 Å². The van der Waals surface area contributed by atoms with E-state index in [2.05, 4.69) is 48.2 Å². The highest BCUT2D eigenvalue weighted by Gasteiger charge is 2.05. The number of hydrogen-bond acceptors (Lipinski definition) is 2. The van der Waals surface area contributed by atoms with Gasteiger partial charge in [-0.1, -0.05) is 18.9 Å². The van der Waals surface area contributed by atoms with Gasteiger partial charge >= 0.3 is 0 Å². The van der Waals surface area contributed by atoms with Crippen LogP contribution in [-0.2, 0) is 0 Å². The Morgan fingerprint density at radius 3 is 2.62 bits per heavy atom. The third-order valence-corrected chi connectivity index (χ3v) is 2.64. The number of terminal acetylenes is 1. The number of rotatable bonds is 4. The van der Waals surface area contributed by atoms with Crippen molar-refractivity contribution in [1.29, 1.82) is 0 Å². The Hall–Kier alpha value is -1.62. The van der Waals surface area contributed by atoms with Gasteiger partial charge in [-0.15, -0.1) is 6.42 Å². The average molecular weight is 216 g/mol. The molecule has 1 N–H and O–H groups in total. The summed E-state index contributed by atoms with van der Waals surface area (Å²) >= 11 is 0. The first kappa shape index (κ1) is 12.4. The second kappa shape index (κ2) is 5.46. The van der Waals surface area contributed by atoms with Gasteiger partial charge in [-0.05, 0) is 31.0 Å².